The number of hydrogen-bond acceptors (Lipinski definition) is 4. The summed E-state index contributed by atoms with van der Waals surface area (Å²) in [6.07, 6.45) is 6.25. The van der Waals surface area contributed by atoms with Gasteiger partial charge in [-0.1, -0.05) is 31.9 Å². The normalized spacial score (nSPS) is 13.4. The van der Waals surface area contributed by atoms with Gasteiger partial charge in [0.15, 0.2) is 0 Å². The molecule has 0 saturated carbocycles. The lowest BCUT2D eigenvalue weighted by atomic mass is 9.88. The first kappa shape index (κ1) is 22.9. The monoisotopic (exact) mass is 604 g/mol. The van der Waals surface area contributed by atoms with E-state index in [0.717, 1.165) is 59.0 Å². The van der Waals surface area contributed by atoms with Gasteiger partial charge in [-0.05, 0) is 71.8 Å². The molecular formula is C27H22Br2N6O. The van der Waals surface area contributed by atoms with Gasteiger partial charge in [-0.15, -0.1) is 5.53 Å². The molecule has 0 atom stereocenters. The molecular weight excluding hydrogens is 584 g/mol. The Morgan fingerprint density at radius 3 is 2.00 bits per heavy atom. The first-order valence-electron chi connectivity index (χ1n) is 11.4. The van der Waals surface area contributed by atoms with Crippen LogP contribution in [0.3, 0.4) is 0 Å². The minimum Gasteiger partial charge on any atom is -0.361 e. The van der Waals surface area contributed by atoms with E-state index in [4.69, 9.17) is 0 Å². The van der Waals surface area contributed by atoms with E-state index < -0.39 is 0 Å². The number of H-pyrrole nitrogens is 2. The predicted octanol–water partition coefficient (Wildman–Crippen LogP) is 6.64. The van der Waals surface area contributed by atoms with E-state index in [2.05, 4.69) is 101 Å². The van der Waals surface area contributed by atoms with Crippen LogP contribution in [0, 0.1) is 0 Å². The molecule has 3 aromatic carbocycles. The van der Waals surface area contributed by atoms with Crippen molar-refractivity contribution in [1.82, 2.24) is 20.9 Å². The molecule has 6 rings (SSSR count). The van der Waals surface area contributed by atoms with Gasteiger partial charge in [0.2, 0.25) is 5.91 Å². The third-order valence-corrected chi connectivity index (χ3v) is 7.33. The van der Waals surface area contributed by atoms with Gasteiger partial charge in [0.25, 0.3) is 0 Å². The Morgan fingerprint density at radius 1 is 0.861 bits per heavy atom. The maximum Gasteiger partial charge on any atom is 0.221 e. The molecule has 5 N–H and O–H groups in total. The molecule has 3 heterocycles. The van der Waals surface area contributed by atoms with Crippen LogP contribution in [0.5, 0.6) is 0 Å². The molecule has 7 nitrogen and oxygen atoms in total. The molecule has 0 bridgehead atoms. The van der Waals surface area contributed by atoms with E-state index >= 15 is 0 Å². The number of benzene rings is 3. The Morgan fingerprint density at radius 2 is 1.44 bits per heavy atom. The minimum atomic E-state index is -0.0931. The van der Waals surface area contributed by atoms with E-state index in [-0.39, 0.29) is 11.8 Å². The molecule has 1 aliphatic rings. The van der Waals surface area contributed by atoms with Gasteiger partial charge >= 0.3 is 0 Å². The maximum absolute atomic E-state index is 11.4. The van der Waals surface area contributed by atoms with Crippen LogP contribution in [0.25, 0.3) is 21.8 Å². The van der Waals surface area contributed by atoms with Crippen molar-refractivity contribution >= 4 is 70.9 Å². The molecule has 0 saturated heterocycles. The van der Waals surface area contributed by atoms with E-state index in [1.165, 1.54) is 6.92 Å². The molecule has 5 aromatic rings. The van der Waals surface area contributed by atoms with Gasteiger partial charge in [0.1, 0.15) is 0 Å². The Balaban J connectivity index is 1.46. The molecule has 36 heavy (non-hydrogen) atoms. The number of nitrogens with one attached hydrogen (secondary N) is 5. The molecule has 0 fully saturated rings. The highest BCUT2D eigenvalue weighted by Gasteiger charge is 2.29. The Bertz CT molecular complexity index is 1560. The lowest BCUT2D eigenvalue weighted by Crippen LogP contribution is -2.37. The van der Waals surface area contributed by atoms with Crippen LogP contribution >= 0.6 is 31.9 Å². The molecule has 0 spiro atoms. The maximum atomic E-state index is 11.4. The fraction of sp³-hybridized carbons (Fsp3) is 0.0741. The zero-order chi connectivity index (χ0) is 24.8. The highest BCUT2D eigenvalue weighted by atomic mass is 79.9. The smallest absolute Gasteiger partial charge is 0.221 e. The van der Waals surface area contributed by atoms with Crippen LogP contribution < -0.4 is 21.3 Å². The van der Waals surface area contributed by atoms with Crippen molar-refractivity contribution in [3.05, 3.63) is 105 Å². The number of fused-ring (bicyclic) bond motifs is 2. The van der Waals surface area contributed by atoms with Crippen LogP contribution in [-0.2, 0) is 4.79 Å². The van der Waals surface area contributed by atoms with E-state index in [1.807, 2.05) is 41.4 Å². The van der Waals surface area contributed by atoms with Crippen molar-refractivity contribution in [3.63, 3.8) is 0 Å². The lowest BCUT2D eigenvalue weighted by molar-refractivity contribution is -0.114. The molecule has 1 aliphatic heterocycles. The fourth-order valence-electron chi connectivity index (χ4n) is 4.73. The lowest BCUT2D eigenvalue weighted by Gasteiger charge is -2.18. The number of nitrogens with zero attached hydrogens (tertiary/aromatic N) is 1. The second kappa shape index (κ2) is 9.16. The van der Waals surface area contributed by atoms with Gasteiger partial charge in [0.05, 0.1) is 17.3 Å². The number of carbonyl (C=O) groups is 1. The molecule has 180 valence electrons. The summed E-state index contributed by atoms with van der Waals surface area (Å²) in [6, 6.07) is 20.3. The van der Waals surface area contributed by atoms with Crippen LogP contribution in [0.15, 0.2) is 93.9 Å². The highest BCUT2D eigenvalue weighted by molar-refractivity contribution is 9.10. The van der Waals surface area contributed by atoms with Gasteiger partial charge < -0.3 is 20.7 Å². The molecule has 0 radical (unpaired) electrons. The first-order valence-corrected chi connectivity index (χ1v) is 13.0. The minimum absolute atomic E-state index is 0.0766. The number of aromatic nitrogens is 2. The summed E-state index contributed by atoms with van der Waals surface area (Å²) in [6.45, 7) is 1.50. The Labute approximate surface area is 224 Å². The SMILES string of the molecule is CC(=O)Nc1ccc(N2C=C(C(c3c[nH]c4ccc(Br)cc34)c3c[nH]c4ccc(Br)cc34)NN2)cc1. The predicted molar refractivity (Wildman–Crippen MR) is 151 cm³/mol. The number of rotatable bonds is 5. The number of allylic oxidation sites excluding steroid dienone is 1. The van der Waals surface area contributed by atoms with Crippen molar-refractivity contribution in [2.75, 3.05) is 10.3 Å². The van der Waals surface area contributed by atoms with Crippen LogP contribution in [0.2, 0.25) is 0 Å². The van der Waals surface area contributed by atoms with Gasteiger partial charge in [-0.2, -0.15) is 0 Å². The topological polar surface area (TPSA) is 88.0 Å². The molecule has 1 amide bonds. The van der Waals surface area contributed by atoms with Gasteiger partial charge in [-0.3, -0.25) is 9.80 Å². The second-order valence-electron chi connectivity index (χ2n) is 8.72. The quantitative estimate of drug-likeness (QED) is 0.155. The third-order valence-electron chi connectivity index (χ3n) is 6.34. The molecule has 9 heteroatoms. The number of amides is 1. The van der Waals surface area contributed by atoms with Crippen molar-refractivity contribution in [2.45, 2.75) is 12.8 Å². The van der Waals surface area contributed by atoms with E-state index in [9.17, 15) is 4.79 Å². The first-order chi connectivity index (χ1) is 17.5. The Kier molecular flexibility index (Phi) is 5.83. The summed E-state index contributed by atoms with van der Waals surface area (Å²) in [5.41, 5.74) is 13.9. The number of aromatic amines is 2. The number of anilines is 2. The molecule has 0 unspecified atom stereocenters. The average molecular weight is 606 g/mol. The highest BCUT2D eigenvalue weighted by Crippen LogP contribution is 2.40. The zero-order valence-corrected chi connectivity index (χ0v) is 22.4. The van der Waals surface area contributed by atoms with Crippen molar-refractivity contribution in [3.8, 4) is 0 Å². The summed E-state index contributed by atoms with van der Waals surface area (Å²) in [5.74, 6) is -0.170. The Hall–Kier alpha value is -3.53. The summed E-state index contributed by atoms with van der Waals surface area (Å²) in [5, 5.41) is 7.05. The fourth-order valence-corrected chi connectivity index (χ4v) is 5.45. The molecule has 0 aliphatic carbocycles. The number of carbonyl (C=O) groups excluding carboxylic acids is 1. The van der Waals surface area contributed by atoms with Crippen LogP contribution in [0.1, 0.15) is 24.0 Å². The van der Waals surface area contributed by atoms with Crippen molar-refractivity contribution in [2.24, 2.45) is 0 Å². The number of halogens is 2. The van der Waals surface area contributed by atoms with Crippen molar-refractivity contribution < 1.29 is 4.79 Å². The summed E-state index contributed by atoms with van der Waals surface area (Å²) >= 11 is 7.28. The standard InChI is InChI=1S/C27H22Br2N6O/c1-15(36)32-18-4-6-19(7-5-18)35-14-26(33-34-35)27(22-12-30-24-8-2-16(28)10-20(22)24)23-13-31-25-9-3-17(29)11-21(23)25/h2-14,27,30-31,33-34H,1H3,(H,32,36). The number of hydrogen-bond donors (Lipinski definition) is 5. The van der Waals surface area contributed by atoms with E-state index in [1.54, 1.807) is 0 Å². The van der Waals surface area contributed by atoms with Gasteiger partial charge in [0, 0.05) is 62.0 Å². The third kappa shape index (κ3) is 4.19. The zero-order valence-electron chi connectivity index (χ0n) is 19.2. The summed E-state index contributed by atoms with van der Waals surface area (Å²) in [4.78, 5) is 18.2. The van der Waals surface area contributed by atoms with Crippen LogP contribution in [-0.4, -0.2) is 15.9 Å². The summed E-state index contributed by atoms with van der Waals surface area (Å²) < 4.78 is 2.06. The van der Waals surface area contributed by atoms with Crippen LogP contribution in [0.4, 0.5) is 11.4 Å². The second-order valence-corrected chi connectivity index (χ2v) is 10.6. The average Bonchev–Trinajstić information content (AvgIpc) is 3.59. The van der Waals surface area contributed by atoms with Gasteiger partial charge in [-0.25, -0.2) is 0 Å². The van der Waals surface area contributed by atoms with Crippen molar-refractivity contribution in [1.29, 1.82) is 0 Å². The van der Waals surface area contributed by atoms with E-state index in [0.29, 0.717) is 0 Å². The molecule has 2 aromatic heterocycles. The summed E-state index contributed by atoms with van der Waals surface area (Å²) in [7, 11) is 0. The number of hydrazine groups is 2. The largest absolute Gasteiger partial charge is 0.361 e.